The Labute approximate surface area is 272 Å². The molecule has 1 aliphatic heterocycles. The summed E-state index contributed by atoms with van der Waals surface area (Å²) in [5, 5.41) is 15.2. The Hall–Kier alpha value is -3.91. The molecule has 0 aliphatic carbocycles. The highest BCUT2D eigenvalue weighted by atomic mass is 19.4. The molecule has 0 fully saturated rings. The molecule has 14 heteroatoms. The molecular weight excluding hydrogens is 624 g/mol. The van der Waals surface area contributed by atoms with Gasteiger partial charge in [0.25, 0.3) is 5.91 Å². The number of carbonyl (C=O) groups is 3. The summed E-state index contributed by atoms with van der Waals surface area (Å²) in [6.45, 7) is 5.67. The van der Waals surface area contributed by atoms with E-state index in [2.05, 4.69) is 10.6 Å². The molecule has 4 atom stereocenters. The molecule has 2 aromatic carbocycles. The summed E-state index contributed by atoms with van der Waals surface area (Å²) < 4.78 is 63.6. The van der Waals surface area contributed by atoms with Crippen LogP contribution in [0.1, 0.15) is 63.2 Å². The maximum atomic E-state index is 14.1. The van der Waals surface area contributed by atoms with Gasteiger partial charge in [-0.1, -0.05) is 6.92 Å². The molecule has 1 aliphatic rings. The molecule has 1 heterocycles. The number of urea groups is 1. The molecule has 0 unspecified atom stereocenters. The Bertz CT molecular complexity index is 1340. The monoisotopic (exact) mass is 668 g/mol. The van der Waals surface area contributed by atoms with Crippen molar-refractivity contribution in [3.05, 3.63) is 53.8 Å². The number of rotatable bonds is 8. The highest BCUT2D eigenvalue weighted by Crippen LogP contribution is 2.29. The molecule has 0 bridgehead atoms. The van der Waals surface area contributed by atoms with Crippen LogP contribution in [0.15, 0.2) is 42.5 Å². The van der Waals surface area contributed by atoms with Crippen molar-refractivity contribution in [3.8, 4) is 5.75 Å². The molecule has 0 saturated carbocycles. The molecule has 260 valence electrons. The van der Waals surface area contributed by atoms with Gasteiger partial charge >= 0.3 is 12.2 Å². The summed E-state index contributed by atoms with van der Waals surface area (Å²) in [6, 6.07) is 8.61. The summed E-state index contributed by atoms with van der Waals surface area (Å²) >= 11 is 0. The van der Waals surface area contributed by atoms with Crippen LogP contribution >= 0.6 is 0 Å². The van der Waals surface area contributed by atoms with Gasteiger partial charge in [0.05, 0.1) is 36.8 Å². The van der Waals surface area contributed by atoms with E-state index in [0.29, 0.717) is 25.1 Å². The van der Waals surface area contributed by atoms with Gasteiger partial charge in [0.1, 0.15) is 11.6 Å². The van der Waals surface area contributed by atoms with Crippen LogP contribution in [0.4, 0.5) is 33.7 Å². The number of halogens is 4. The topological polar surface area (TPSA) is 120 Å². The van der Waals surface area contributed by atoms with E-state index in [4.69, 9.17) is 9.47 Å². The quantitative estimate of drug-likeness (QED) is 0.294. The molecule has 47 heavy (non-hydrogen) atoms. The van der Waals surface area contributed by atoms with Gasteiger partial charge in [-0.25, -0.2) is 9.18 Å². The number of likely N-dealkylation sites (N-methyl/N-ethyl adjacent to an activating group) is 1. The first-order valence-corrected chi connectivity index (χ1v) is 15.6. The lowest BCUT2D eigenvalue weighted by Crippen LogP contribution is -2.48. The van der Waals surface area contributed by atoms with Gasteiger partial charge in [0.15, 0.2) is 0 Å². The molecule has 4 amide bonds. The summed E-state index contributed by atoms with van der Waals surface area (Å²) in [5.41, 5.74) is 0.618. The van der Waals surface area contributed by atoms with Gasteiger partial charge < -0.3 is 35.0 Å². The fraction of sp³-hybridized carbons (Fsp3) is 0.545. The number of aliphatic hydroxyl groups is 1. The van der Waals surface area contributed by atoms with Crippen molar-refractivity contribution >= 4 is 29.2 Å². The average molecular weight is 669 g/mol. The predicted octanol–water partition coefficient (Wildman–Crippen LogP) is 6.07. The molecular formula is C33H44F4N4O6. The lowest BCUT2D eigenvalue weighted by molar-refractivity contribution is -0.142. The third kappa shape index (κ3) is 12.0. The van der Waals surface area contributed by atoms with Crippen molar-refractivity contribution in [1.82, 2.24) is 9.80 Å². The number of anilines is 2. The van der Waals surface area contributed by atoms with Gasteiger partial charge in [0, 0.05) is 50.5 Å². The zero-order chi connectivity index (χ0) is 34.7. The van der Waals surface area contributed by atoms with Crippen molar-refractivity contribution in [2.45, 2.75) is 77.3 Å². The van der Waals surface area contributed by atoms with Gasteiger partial charge in [0.2, 0.25) is 5.91 Å². The van der Waals surface area contributed by atoms with Crippen LogP contribution in [-0.4, -0.2) is 90.5 Å². The van der Waals surface area contributed by atoms with Crippen molar-refractivity contribution in [3.63, 3.8) is 0 Å². The Morgan fingerprint density at radius 3 is 2.43 bits per heavy atom. The number of carbonyl (C=O) groups excluding carboxylic acids is 3. The van der Waals surface area contributed by atoms with E-state index >= 15 is 0 Å². The van der Waals surface area contributed by atoms with Crippen LogP contribution in [0.5, 0.6) is 5.75 Å². The predicted molar refractivity (Wildman–Crippen MR) is 169 cm³/mol. The first-order valence-electron chi connectivity index (χ1n) is 15.6. The normalized spacial score (nSPS) is 20.3. The number of nitrogens with zero attached hydrogens (tertiary/aromatic N) is 2. The van der Waals surface area contributed by atoms with Crippen molar-refractivity contribution in [2.24, 2.45) is 5.92 Å². The van der Waals surface area contributed by atoms with Gasteiger partial charge in [-0.05, 0) is 75.6 Å². The molecule has 0 spiro atoms. The second kappa shape index (κ2) is 17.3. The maximum Gasteiger partial charge on any atom is 0.389 e. The van der Waals surface area contributed by atoms with Gasteiger partial charge in [-0.15, -0.1) is 0 Å². The minimum absolute atomic E-state index is 0.0725. The standard InChI is InChI=1S/C33H44F4N4O6/c1-21-18-41(22(2)20-42)31(44)27-17-26(38-30(43)14-15-33(35,36)37)12-13-28(27)47-23(3)7-5-6-16-46-29(21)19-40(4)32(45)39-25-10-8-24(34)9-11-25/h8-13,17,21-23,29,42H,5-7,14-16,18-20H2,1-4H3,(H,38,43)(H,39,45)/t21-,22-,23+,29-/m0/s1. The SMILES string of the molecule is C[C@@H]1CCCCO[C@@H](CN(C)C(=O)Nc2ccc(F)cc2)[C@@H](C)CN([C@@H](C)CO)C(=O)c2cc(NC(=O)CCC(F)(F)F)ccc2O1. The lowest BCUT2D eigenvalue weighted by Gasteiger charge is -2.35. The van der Waals surface area contributed by atoms with Crippen molar-refractivity contribution < 1.29 is 46.5 Å². The number of benzene rings is 2. The van der Waals surface area contributed by atoms with E-state index in [0.717, 1.165) is 6.42 Å². The van der Waals surface area contributed by atoms with Crippen LogP contribution in [0.2, 0.25) is 0 Å². The number of aliphatic hydroxyl groups excluding tert-OH is 1. The fourth-order valence-electron chi connectivity index (χ4n) is 5.05. The highest BCUT2D eigenvalue weighted by Gasteiger charge is 2.31. The lowest BCUT2D eigenvalue weighted by atomic mass is 10.0. The number of alkyl halides is 3. The van der Waals surface area contributed by atoms with Crippen LogP contribution < -0.4 is 15.4 Å². The highest BCUT2D eigenvalue weighted by molar-refractivity contribution is 5.99. The molecule has 0 radical (unpaired) electrons. The Balaban J connectivity index is 1.87. The Morgan fingerprint density at radius 2 is 1.77 bits per heavy atom. The third-order valence-corrected chi connectivity index (χ3v) is 7.87. The third-order valence-electron chi connectivity index (χ3n) is 7.87. The number of amides is 4. The number of nitrogens with one attached hydrogen (secondary N) is 2. The van der Waals surface area contributed by atoms with E-state index in [1.165, 1.54) is 52.3 Å². The first-order chi connectivity index (χ1) is 22.2. The minimum Gasteiger partial charge on any atom is -0.490 e. The van der Waals surface area contributed by atoms with E-state index in [1.54, 1.807) is 14.0 Å². The Morgan fingerprint density at radius 1 is 1.09 bits per heavy atom. The number of fused-ring (bicyclic) bond motifs is 1. The smallest absolute Gasteiger partial charge is 0.389 e. The summed E-state index contributed by atoms with van der Waals surface area (Å²) in [7, 11) is 1.60. The number of hydrogen-bond donors (Lipinski definition) is 3. The molecule has 2 aromatic rings. The molecule has 10 nitrogen and oxygen atoms in total. The van der Waals surface area contributed by atoms with Crippen LogP contribution in [0.3, 0.4) is 0 Å². The van der Waals surface area contributed by atoms with Gasteiger partial charge in [-0.2, -0.15) is 13.2 Å². The molecule has 3 N–H and O–H groups in total. The minimum atomic E-state index is -4.49. The maximum absolute atomic E-state index is 14.1. The van der Waals surface area contributed by atoms with Crippen molar-refractivity contribution in [1.29, 1.82) is 0 Å². The second-order valence-electron chi connectivity index (χ2n) is 12.0. The zero-order valence-corrected chi connectivity index (χ0v) is 27.1. The Kier molecular flexibility index (Phi) is 13.8. The van der Waals surface area contributed by atoms with Crippen molar-refractivity contribution in [2.75, 3.05) is 44.0 Å². The molecule has 0 saturated heterocycles. The van der Waals surface area contributed by atoms with E-state index in [-0.39, 0.29) is 48.7 Å². The number of ether oxygens (including phenoxy) is 2. The zero-order valence-electron chi connectivity index (χ0n) is 27.1. The molecule has 0 aromatic heterocycles. The van der Waals surface area contributed by atoms with Crippen LogP contribution in [0, 0.1) is 11.7 Å². The number of hydrogen-bond acceptors (Lipinski definition) is 6. The first kappa shape index (κ1) is 37.5. The van der Waals surface area contributed by atoms with Crippen LogP contribution in [0.25, 0.3) is 0 Å². The van der Waals surface area contributed by atoms with E-state index in [9.17, 15) is 37.1 Å². The average Bonchev–Trinajstić information content (AvgIpc) is 3.02. The molecule has 3 rings (SSSR count). The largest absolute Gasteiger partial charge is 0.490 e. The second-order valence-corrected chi connectivity index (χ2v) is 12.0. The van der Waals surface area contributed by atoms with Crippen LogP contribution in [-0.2, 0) is 9.53 Å². The summed E-state index contributed by atoms with van der Waals surface area (Å²) in [4.78, 5) is 42.2. The summed E-state index contributed by atoms with van der Waals surface area (Å²) in [5.74, 6) is -1.91. The fourth-order valence-corrected chi connectivity index (χ4v) is 5.05. The van der Waals surface area contributed by atoms with E-state index in [1.807, 2.05) is 13.8 Å². The van der Waals surface area contributed by atoms with Gasteiger partial charge in [-0.3, -0.25) is 9.59 Å². The van der Waals surface area contributed by atoms with E-state index < -0.39 is 54.8 Å². The summed E-state index contributed by atoms with van der Waals surface area (Å²) in [6.07, 6.45) is -5.30.